The van der Waals surface area contributed by atoms with Crippen LogP contribution >= 0.6 is 11.6 Å². The third-order valence-corrected chi connectivity index (χ3v) is 5.51. The first-order valence-corrected chi connectivity index (χ1v) is 7.45. The van der Waals surface area contributed by atoms with E-state index >= 15 is 0 Å². The van der Waals surface area contributed by atoms with Crippen molar-refractivity contribution in [3.8, 4) is 0 Å². The summed E-state index contributed by atoms with van der Waals surface area (Å²) < 4.78 is 39.3. The van der Waals surface area contributed by atoms with Gasteiger partial charge < -0.3 is 5.73 Å². The van der Waals surface area contributed by atoms with Crippen LogP contribution in [0.15, 0.2) is 23.1 Å². The van der Waals surface area contributed by atoms with Gasteiger partial charge >= 0.3 is 0 Å². The maximum Gasteiger partial charge on any atom is 0.244 e. The Morgan fingerprint density at radius 2 is 2.22 bits per heavy atom. The summed E-state index contributed by atoms with van der Waals surface area (Å²) in [7, 11) is -3.77. The van der Waals surface area contributed by atoms with Gasteiger partial charge in [-0.15, -0.1) is 0 Å². The molecular weight excluding hydrogens is 279 g/mol. The van der Waals surface area contributed by atoms with Crippen molar-refractivity contribution in [2.24, 2.45) is 5.73 Å². The Bertz CT molecular complexity index is 550. The number of hydrogen-bond donors (Lipinski definition) is 1. The first-order chi connectivity index (χ1) is 8.46. The molecule has 0 aliphatic carbocycles. The summed E-state index contributed by atoms with van der Waals surface area (Å²) in [6.07, 6.45) is 1.48. The fourth-order valence-corrected chi connectivity index (χ4v) is 4.35. The topological polar surface area (TPSA) is 63.4 Å². The Labute approximate surface area is 111 Å². The molecule has 0 aromatic heterocycles. The smallest absolute Gasteiger partial charge is 0.244 e. The predicted molar refractivity (Wildman–Crippen MR) is 67.4 cm³/mol. The third kappa shape index (κ3) is 2.38. The second-order valence-electron chi connectivity index (χ2n) is 4.22. The molecule has 2 rings (SSSR count). The third-order valence-electron chi connectivity index (χ3n) is 3.08. The SMILES string of the molecule is NC[C@H]1CCCN1S(=O)(=O)c1cc(F)ccc1Cl. The van der Waals surface area contributed by atoms with Crippen LogP contribution in [0, 0.1) is 5.82 Å². The highest BCUT2D eigenvalue weighted by Crippen LogP contribution is 2.30. The van der Waals surface area contributed by atoms with Gasteiger partial charge in [-0.1, -0.05) is 11.6 Å². The van der Waals surface area contributed by atoms with Gasteiger partial charge in [0.15, 0.2) is 0 Å². The fourth-order valence-electron chi connectivity index (χ4n) is 2.16. The van der Waals surface area contributed by atoms with Crippen molar-refractivity contribution >= 4 is 21.6 Å². The van der Waals surface area contributed by atoms with Gasteiger partial charge in [-0.2, -0.15) is 4.31 Å². The lowest BCUT2D eigenvalue weighted by molar-refractivity contribution is 0.393. The van der Waals surface area contributed by atoms with Gasteiger partial charge in [-0.25, -0.2) is 12.8 Å². The van der Waals surface area contributed by atoms with E-state index in [9.17, 15) is 12.8 Å². The number of benzene rings is 1. The lowest BCUT2D eigenvalue weighted by Gasteiger charge is -2.23. The first kappa shape index (κ1) is 13.7. The summed E-state index contributed by atoms with van der Waals surface area (Å²) in [5.74, 6) is -0.624. The van der Waals surface area contributed by atoms with Crippen molar-refractivity contribution in [3.05, 3.63) is 29.0 Å². The van der Waals surface area contributed by atoms with Crippen molar-refractivity contribution in [3.63, 3.8) is 0 Å². The predicted octanol–water partition coefficient (Wildman–Crippen LogP) is 1.59. The Balaban J connectivity index is 2.45. The van der Waals surface area contributed by atoms with Gasteiger partial charge in [0.25, 0.3) is 0 Å². The number of sulfonamides is 1. The molecule has 1 aliphatic rings. The van der Waals surface area contributed by atoms with Crippen LogP contribution in [0.25, 0.3) is 0 Å². The monoisotopic (exact) mass is 292 g/mol. The second kappa shape index (κ2) is 5.13. The average Bonchev–Trinajstić information content (AvgIpc) is 2.81. The number of nitrogens with zero attached hydrogens (tertiary/aromatic N) is 1. The fraction of sp³-hybridized carbons (Fsp3) is 0.455. The summed E-state index contributed by atoms with van der Waals surface area (Å²) in [5.41, 5.74) is 5.55. The van der Waals surface area contributed by atoms with Gasteiger partial charge in [0.1, 0.15) is 10.7 Å². The van der Waals surface area contributed by atoms with E-state index in [0.717, 1.165) is 25.0 Å². The lowest BCUT2D eigenvalue weighted by Crippen LogP contribution is -2.39. The zero-order chi connectivity index (χ0) is 13.3. The number of hydrogen-bond acceptors (Lipinski definition) is 3. The highest BCUT2D eigenvalue weighted by atomic mass is 35.5. The van der Waals surface area contributed by atoms with Crippen molar-refractivity contribution in [2.45, 2.75) is 23.8 Å². The van der Waals surface area contributed by atoms with E-state index in [0.29, 0.717) is 6.54 Å². The molecule has 0 unspecified atom stereocenters. The van der Waals surface area contributed by atoms with E-state index in [2.05, 4.69) is 0 Å². The summed E-state index contributed by atoms with van der Waals surface area (Å²) in [6, 6.07) is 3.10. The molecule has 1 saturated heterocycles. The molecule has 0 radical (unpaired) electrons. The van der Waals surface area contributed by atoms with Crippen LogP contribution in [-0.4, -0.2) is 31.9 Å². The summed E-state index contributed by atoms with van der Waals surface area (Å²) in [5, 5.41) is 0.0269. The van der Waals surface area contributed by atoms with E-state index in [1.54, 1.807) is 0 Å². The minimum atomic E-state index is -3.77. The number of rotatable bonds is 3. The second-order valence-corrected chi connectivity index (χ2v) is 6.49. The van der Waals surface area contributed by atoms with Crippen LogP contribution < -0.4 is 5.73 Å². The van der Waals surface area contributed by atoms with Crippen LogP contribution in [-0.2, 0) is 10.0 Å². The van der Waals surface area contributed by atoms with E-state index in [-0.39, 0.29) is 22.5 Å². The molecule has 0 amide bonds. The molecule has 100 valence electrons. The van der Waals surface area contributed by atoms with E-state index < -0.39 is 15.8 Å². The van der Waals surface area contributed by atoms with Crippen molar-refractivity contribution in [1.82, 2.24) is 4.31 Å². The number of halogens is 2. The van der Waals surface area contributed by atoms with E-state index in [1.165, 1.54) is 10.4 Å². The van der Waals surface area contributed by atoms with E-state index in [1.807, 2.05) is 0 Å². The average molecular weight is 293 g/mol. The molecular formula is C11H14ClFN2O2S. The molecule has 4 nitrogen and oxygen atoms in total. The molecule has 18 heavy (non-hydrogen) atoms. The summed E-state index contributed by atoms with van der Waals surface area (Å²) >= 11 is 5.85. The molecule has 7 heteroatoms. The molecule has 1 aromatic rings. The maximum absolute atomic E-state index is 13.2. The molecule has 1 atom stereocenters. The molecule has 0 spiro atoms. The normalized spacial score (nSPS) is 21.4. The Kier molecular flexibility index (Phi) is 3.91. The lowest BCUT2D eigenvalue weighted by atomic mass is 10.2. The first-order valence-electron chi connectivity index (χ1n) is 5.64. The van der Waals surface area contributed by atoms with Gasteiger partial charge in [0.05, 0.1) is 5.02 Å². The zero-order valence-electron chi connectivity index (χ0n) is 9.64. The Hall–Kier alpha value is -0.690. The quantitative estimate of drug-likeness (QED) is 0.920. The minimum Gasteiger partial charge on any atom is -0.329 e. The zero-order valence-corrected chi connectivity index (χ0v) is 11.2. The molecule has 1 aromatic carbocycles. The van der Waals surface area contributed by atoms with Crippen LogP contribution in [0.4, 0.5) is 4.39 Å². The molecule has 1 heterocycles. The van der Waals surface area contributed by atoms with Gasteiger partial charge in [0.2, 0.25) is 10.0 Å². The van der Waals surface area contributed by atoms with Gasteiger partial charge in [-0.3, -0.25) is 0 Å². The van der Waals surface area contributed by atoms with E-state index in [4.69, 9.17) is 17.3 Å². The van der Waals surface area contributed by atoms with Gasteiger partial charge in [-0.05, 0) is 31.0 Å². The Morgan fingerprint density at radius 1 is 1.50 bits per heavy atom. The van der Waals surface area contributed by atoms with Gasteiger partial charge in [0, 0.05) is 19.1 Å². The largest absolute Gasteiger partial charge is 0.329 e. The highest BCUT2D eigenvalue weighted by molar-refractivity contribution is 7.89. The molecule has 1 aliphatic heterocycles. The van der Waals surface area contributed by atoms with Crippen molar-refractivity contribution in [1.29, 1.82) is 0 Å². The van der Waals surface area contributed by atoms with Crippen molar-refractivity contribution < 1.29 is 12.8 Å². The van der Waals surface area contributed by atoms with Crippen LogP contribution in [0.5, 0.6) is 0 Å². The summed E-state index contributed by atoms with van der Waals surface area (Å²) in [4.78, 5) is -0.190. The molecule has 1 fully saturated rings. The maximum atomic E-state index is 13.2. The minimum absolute atomic E-state index is 0.0269. The standard InChI is InChI=1S/C11H14ClFN2O2S/c12-10-4-3-8(13)6-11(10)18(16,17)15-5-1-2-9(15)7-14/h3-4,6,9H,1-2,5,7,14H2/t9-/m1/s1. The summed E-state index contributed by atoms with van der Waals surface area (Å²) in [6.45, 7) is 0.656. The molecule has 0 saturated carbocycles. The molecule has 0 bridgehead atoms. The number of nitrogens with two attached hydrogens (primary N) is 1. The van der Waals surface area contributed by atoms with Crippen LogP contribution in [0.1, 0.15) is 12.8 Å². The van der Waals surface area contributed by atoms with Crippen LogP contribution in [0.2, 0.25) is 5.02 Å². The molecule has 2 N–H and O–H groups in total. The van der Waals surface area contributed by atoms with Crippen LogP contribution in [0.3, 0.4) is 0 Å². The highest BCUT2D eigenvalue weighted by Gasteiger charge is 2.35. The van der Waals surface area contributed by atoms with Crippen molar-refractivity contribution in [2.75, 3.05) is 13.1 Å². The Morgan fingerprint density at radius 3 is 2.89 bits per heavy atom.